The number of hydrogen-bond donors (Lipinski definition) is 3. The van der Waals surface area contributed by atoms with Gasteiger partial charge in [0.25, 0.3) is 5.92 Å². The van der Waals surface area contributed by atoms with Gasteiger partial charge in [0.1, 0.15) is 35.2 Å². The Labute approximate surface area is 327 Å². The molecular weight excluding hydrogens is 796 g/mol. The highest BCUT2D eigenvalue weighted by Crippen LogP contribution is 2.68. The molecule has 19 heteroatoms. The number of hydrogen-bond acceptors (Lipinski definition) is 7. The van der Waals surface area contributed by atoms with E-state index in [2.05, 4.69) is 32.1 Å². The van der Waals surface area contributed by atoms with Crippen LogP contribution in [0.3, 0.4) is 0 Å². The fourth-order valence-corrected chi connectivity index (χ4v) is 8.10. The van der Waals surface area contributed by atoms with Crippen molar-refractivity contribution in [2.24, 2.45) is 13.0 Å². The molecule has 1 amide bonds. The number of halogens is 7. The summed E-state index contributed by atoms with van der Waals surface area (Å²) in [6, 6.07) is 9.21. The Balaban J connectivity index is 1.39. The molecule has 58 heavy (non-hydrogen) atoms. The number of amides is 1. The second-order valence-corrected chi connectivity index (χ2v) is 16.4. The van der Waals surface area contributed by atoms with Crippen LogP contribution in [0.15, 0.2) is 48.5 Å². The monoisotopic (exact) mass is 831 g/mol. The first-order valence-corrected chi connectivity index (χ1v) is 20.0. The molecule has 3 aromatic heterocycles. The minimum atomic E-state index is -5.07. The van der Waals surface area contributed by atoms with E-state index < -0.39 is 86.6 Å². The molecular formula is C39H36F7N7O4S. The van der Waals surface area contributed by atoms with E-state index in [0.717, 1.165) is 18.4 Å². The minimum Gasteiger partial charge on any atom is -0.378 e. The lowest BCUT2D eigenvalue weighted by Gasteiger charge is -2.23. The van der Waals surface area contributed by atoms with E-state index in [4.69, 9.17) is 4.98 Å². The number of anilines is 1. The lowest BCUT2D eigenvalue weighted by atomic mass is 9.93. The van der Waals surface area contributed by atoms with Crippen LogP contribution in [0.5, 0.6) is 0 Å². The number of carbonyl (C=O) groups is 1. The molecule has 3 heterocycles. The summed E-state index contributed by atoms with van der Waals surface area (Å²) in [4.78, 5) is 18.7. The number of benzene rings is 2. The number of aryl methyl sites for hydroxylation is 1. The van der Waals surface area contributed by atoms with E-state index in [1.807, 2.05) is 0 Å². The zero-order chi connectivity index (χ0) is 42.1. The molecule has 11 nitrogen and oxygen atoms in total. The number of carbonyl (C=O) groups excluding carboxylic acids is 1. The van der Waals surface area contributed by atoms with E-state index in [1.165, 1.54) is 10.7 Å². The predicted molar refractivity (Wildman–Crippen MR) is 198 cm³/mol. The Kier molecular flexibility index (Phi) is 10.1. The topological polar surface area (TPSA) is 144 Å². The summed E-state index contributed by atoms with van der Waals surface area (Å²) in [6.07, 6.45) is -4.11. The van der Waals surface area contributed by atoms with Gasteiger partial charge in [-0.15, -0.1) is 0 Å². The van der Waals surface area contributed by atoms with Crippen molar-refractivity contribution in [3.05, 3.63) is 94.1 Å². The van der Waals surface area contributed by atoms with Gasteiger partial charge in [0.15, 0.2) is 11.5 Å². The molecule has 0 saturated heterocycles. The van der Waals surface area contributed by atoms with Gasteiger partial charge in [-0.2, -0.15) is 32.1 Å². The van der Waals surface area contributed by atoms with Crippen molar-refractivity contribution >= 4 is 32.7 Å². The van der Waals surface area contributed by atoms with Gasteiger partial charge in [-0.3, -0.25) is 18.9 Å². The Morgan fingerprint density at radius 2 is 1.74 bits per heavy atom. The van der Waals surface area contributed by atoms with Crippen molar-refractivity contribution in [1.29, 1.82) is 0 Å². The Hall–Kier alpha value is -5.48. The largest absolute Gasteiger partial charge is 0.435 e. The molecule has 3 N–H and O–H groups in total. The summed E-state index contributed by atoms with van der Waals surface area (Å²) in [5.74, 6) is -3.43. The molecule has 3 atom stereocenters. The van der Waals surface area contributed by atoms with E-state index in [-0.39, 0.29) is 54.0 Å². The van der Waals surface area contributed by atoms with Gasteiger partial charge in [0.2, 0.25) is 15.9 Å². The van der Waals surface area contributed by atoms with E-state index in [0.29, 0.717) is 27.2 Å². The molecule has 0 radical (unpaired) electrons. The van der Waals surface area contributed by atoms with Crippen LogP contribution in [0.4, 0.5) is 36.6 Å². The van der Waals surface area contributed by atoms with Crippen molar-refractivity contribution in [2.45, 2.75) is 75.7 Å². The predicted octanol–water partition coefficient (Wildman–Crippen LogP) is 6.71. The fourth-order valence-electron chi connectivity index (χ4n) is 7.60. The first kappa shape index (κ1) is 40.7. The molecule has 5 aromatic rings. The molecule has 2 aliphatic rings. The summed E-state index contributed by atoms with van der Waals surface area (Å²) in [5, 5.41) is 21.7. The lowest BCUT2D eigenvalue weighted by molar-refractivity contribution is -0.142. The summed E-state index contributed by atoms with van der Waals surface area (Å²) < 4.78 is 131. The highest BCUT2D eigenvalue weighted by molar-refractivity contribution is 7.92. The zero-order valence-corrected chi connectivity index (χ0v) is 32.2. The zero-order valence-electron chi connectivity index (χ0n) is 31.3. The highest BCUT2D eigenvalue weighted by Gasteiger charge is 2.68. The second kappa shape index (κ2) is 14.4. The quantitative estimate of drug-likeness (QED) is 0.0992. The van der Waals surface area contributed by atoms with Crippen LogP contribution < -0.4 is 10.0 Å². The first-order valence-electron chi connectivity index (χ1n) is 18.1. The van der Waals surface area contributed by atoms with Crippen molar-refractivity contribution < 1.29 is 49.1 Å². The maximum Gasteiger partial charge on any atom is 0.435 e. The fraction of sp³-hybridized carbons (Fsp3) is 0.385. The first-order chi connectivity index (χ1) is 27.1. The lowest BCUT2D eigenvalue weighted by Crippen LogP contribution is -2.35. The third-order valence-electron chi connectivity index (χ3n) is 10.5. The van der Waals surface area contributed by atoms with Crippen molar-refractivity contribution in [3.8, 4) is 23.0 Å². The molecule has 0 unspecified atom stereocenters. The van der Waals surface area contributed by atoms with Gasteiger partial charge in [0.05, 0.1) is 23.5 Å². The molecule has 1 fully saturated rings. The highest BCUT2D eigenvalue weighted by atomic mass is 32.2. The van der Waals surface area contributed by atoms with Crippen LogP contribution in [0, 0.1) is 29.4 Å². The number of sulfonamides is 1. The number of pyridine rings is 1. The molecule has 0 aliphatic heterocycles. The third-order valence-corrected chi connectivity index (χ3v) is 11.0. The number of nitrogens with zero attached hydrogens (tertiary/aromatic N) is 5. The number of aromatic nitrogens is 5. The number of alkyl halides is 5. The molecule has 0 spiro atoms. The van der Waals surface area contributed by atoms with Crippen LogP contribution in [0.25, 0.3) is 22.0 Å². The number of aliphatic hydroxyl groups is 1. The Bertz CT molecular complexity index is 2620. The maximum absolute atomic E-state index is 15.4. The van der Waals surface area contributed by atoms with Crippen LogP contribution in [-0.4, -0.2) is 55.8 Å². The number of rotatable bonds is 11. The van der Waals surface area contributed by atoms with E-state index in [9.17, 15) is 40.3 Å². The summed E-state index contributed by atoms with van der Waals surface area (Å²) >= 11 is 0. The van der Waals surface area contributed by atoms with Gasteiger partial charge in [-0.25, -0.2) is 22.2 Å². The third kappa shape index (κ3) is 7.74. The summed E-state index contributed by atoms with van der Waals surface area (Å²) in [7, 11) is -2.23. The molecule has 7 rings (SSSR count). The number of fused-ring (bicyclic) bond motifs is 4. The molecule has 2 aromatic carbocycles. The Morgan fingerprint density at radius 1 is 1.05 bits per heavy atom. The molecule has 0 bridgehead atoms. The minimum absolute atomic E-state index is 0.00299. The summed E-state index contributed by atoms with van der Waals surface area (Å²) in [6.45, 7) is 2.39. The van der Waals surface area contributed by atoms with Crippen molar-refractivity contribution in [1.82, 2.24) is 29.9 Å². The van der Waals surface area contributed by atoms with Crippen LogP contribution in [-0.2, 0) is 46.9 Å². The van der Waals surface area contributed by atoms with Gasteiger partial charge < -0.3 is 10.4 Å². The summed E-state index contributed by atoms with van der Waals surface area (Å²) in [5.41, 5.74) is -3.34. The van der Waals surface area contributed by atoms with E-state index >= 15 is 8.78 Å². The van der Waals surface area contributed by atoms with Gasteiger partial charge in [-0.1, -0.05) is 31.9 Å². The van der Waals surface area contributed by atoms with E-state index in [1.54, 1.807) is 45.2 Å². The van der Waals surface area contributed by atoms with Gasteiger partial charge in [-0.05, 0) is 73.4 Å². The van der Waals surface area contributed by atoms with Crippen molar-refractivity contribution in [2.75, 3.05) is 11.0 Å². The van der Waals surface area contributed by atoms with Crippen LogP contribution in [0.2, 0.25) is 0 Å². The Morgan fingerprint density at radius 3 is 2.38 bits per heavy atom. The second-order valence-electron chi connectivity index (χ2n) is 14.6. The SMILES string of the molecule is CCC(O)(C#Cc1ccc(-c2cccc3c(NS(C)(=O)=O)nn(C)c23)c([C@H](Cc2cc(F)cc(F)c2)NC(=O)Cn2nc(C(F)(F)F)c3c2C(F)(F)[C@@H]2C[C@H]32)n1)CC. The average Bonchev–Trinajstić information content (AvgIpc) is 3.68. The molecule has 1 saturated carbocycles. The average molecular weight is 832 g/mol. The standard InChI is InChI=1S/C39H36F7N7O4S/c1-5-37(55,6-2)13-12-23-10-11-24(25-8-7-9-26-33(25)52(3)50-36(26)51-58(4,56)57)32(47-23)29(16-20-14-21(40)17-22(41)15-20)48-30(54)19-53-35-31(34(49-53)39(44,45)46)27-18-28(27)38(35,42)43/h7-11,14-15,17,27-29,55H,5-6,16,18-19H2,1-4H3,(H,48,54)(H,50,51)/t27-,28+,29-/m0/s1. The number of nitrogens with one attached hydrogen (secondary N) is 2. The van der Waals surface area contributed by atoms with Crippen LogP contribution in [0.1, 0.15) is 79.0 Å². The van der Waals surface area contributed by atoms with Crippen molar-refractivity contribution in [3.63, 3.8) is 0 Å². The maximum atomic E-state index is 15.4. The molecule has 2 aliphatic carbocycles. The molecule has 306 valence electrons. The van der Waals surface area contributed by atoms with Crippen LogP contribution >= 0.6 is 0 Å². The number of para-hydroxylation sites is 1. The van der Waals surface area contributed by atoms with Gasteiger partial charge >= 0.3 is 6.18 Å². The van der Waals surface area contributed by atoms with Gasteiger partial charge in [0, 0.05) is 41.1 Å². The smallest absolute Gasteiger partial charge is 0.378 e. The normalized spacial score (nSPS) is 17.7.